The molecule has 0 saturated carbocycles. The van der Waals surface area contributed by atoms with Gasteiger partial charge in [0.25, 0.3) is 0 Å². The summed E-state index contributed by atoms with van der Waals surface area (Å²) < 4.78 is 16.6. The lowest BCUT2D eigenvalue weighted by molar-refractivity contribution is 0.121. The average Bonchev–Trinajstić information content (AvgIpc) is 2.79. The maximum absolute atomic E-state index is 5.82. The van der Waals surface area contributed by atoms with Crippen LogP contribution in [0.5, 0.6) is 0 Å². The van der Waals surface area contributed by atoms with E-state index in [-0.39, 0.29) is 0 Å². The van der Waals surface area contributed by atoms with Gasteiger partial charge >= 0.3 is 8.80 Å². The normalized spacial score (nSPS) is 13.4. The predicted octanol–water partition coefficient (Wildman–Crippen LogP) is 1.78. The summed E-state index contributed by atoms with van der Waals surface area (Å²) in [5, 5.41) is 3.53. The fourth-order valence-corrected chi connectivity index (χ4v) is 5.06. The van der Waals surface area contributed by atoms with Crippen molar-refractivity contribution >= 4 is 14.9 Å². The molecule has 1 rings (SSSR count). The van der Waals surface area contributed by atoms with Gasteiger partial charge < -0.3 is 30.1 Å². The molecule has 1 aromatic rings. The molecule has 0 fully saturated rings. The summed E-state index contributed by atoms with van der Waals surface area (Å²) in [6.07, 6.45) is 6.31. The molecule has 0 aromatic heterocycles. The van der Waals surface area contributed by atoms with Gasteiger partial charge in [0.2, 0.25) is 0 Å². The minimum Gasteiger partial charge on any atom is -0.377 e. The Labute approximate surface area is 184 Å². The van der Waals surface area contributed by atoms with E-state index in [1.165, 1.54) is 5.56 Å². The number of benzene rings is 1. The third-order valence-corrected chi connectivity index (χ3v) is 8.14. The summed E-state index contributed by atoms with van der Waals surface area (Å²) in [5.41, 5.74) is 12.7. The van der Waals surface area contributed by atoms with Crippen molar-refractivity contribution in [3.63, 3.8) is 0 Å². The standard InChI is InChI=1S/C22H42N4O3Si/c1-27-30(28-2,29-3)18-8-16-26(15-7-11-21-9-5-4-6-10-21)17-14-25-20-22(19-24)12-13-23/h4-7,9-11,22,25H,8,12-20,23-24H2,1-3H3. The van der Waals surface area contributed by atoms with Gasteiger partial charge in [-0.1, -0.05) is 42.5 Å². The van der Waals surface area contributed by atoms with E-state index in [0.29, 0.717) is 19.0 Å². The highest BCUT2D eigenvalue weighted by Crippen LogP contribution is 2.15. The van der Waals surface area contributed by atoms with E-state index < -0.39 is 8.80 Å². The molecule has 8 heteroatoms. The van der Waals surface area contributed by atoms with Crippen LogP contribution in [0.3, 0.4) is 0 Å². The molecule has 0 spiro atoms. The SMILES string of the molecule is CO[Si](CCCN(CC=Cc1ccccc1)CCNCC(CN)CCN)(OC)OC. The highest BCUT2D eigenvalue weighted by atomic mass is 28.4. The van der Waals surface area contributed by atoms with Gasteiger partial charge in [-0.3, -0.25) is 4.90 Å². The van der Waals surface area contributed by atoms with Crippen LogP contribution in [0.1, 0.15) is 18.4 Å². The van der Waals surface area contributed by atoms with Crippen molar-refractivity contribution in [2.24, 2.45) is 17.4 Å². The Bertz CT molecular complexity index is 550. The molecule has 0 aliphatic heterocycles. The van der Waals surface area contributed by atoms with Crippen molar-refractivity contribution in [3.8, 4) is 0 Å². The Kier molecular flexibility index (Phi) is 14.9. The maximum Gasteiger partial charge on any atom is 0.500 e. The highest BCUT2D eigenvalue weighted by molar-refractivity contribution is 6.60. The first-order valence-corrected chi connectivity index (χ1v) is 12.8. The Hall–Kier alpha value is -1.10. The minimum atomic E-state index is -2.52. The molecule has 1 unspecified atom stereocenters. The average molecular weight is 439 g/mol. The van der Waals surface area contributed by atoms with Crippen LogP contribution < -0.4 is 16.8 Å². The fraction of sp³-hybridized carbons (Fsp3) is 0.636. The molecule has 0 radical (unpaired) electrons. The van der Waals surface area contributed by atoms with Crippen LogP contribution in [0, 0.1) is 5.92 Å². The molecule has 0 amide bonds. The fourth-order valence-electron chi connectivity index (χ4n) is 3.35. The Morgan fingerprint density at radius 1 is 1.07 bits per heavy atom. The van der Waals surface area contributed by atoms with E-state index in [9.17, 15) is 0 Å². The van der Waals surface area contributed by atoms with E-state index in [4.69, 9.17) is 24.7 Å². The summed E-state index contributed by atoms with van der Waals surface area (Å²) >= 11 is 0. The summed E-state index contributed by atoms with van der Waals surface area (Å²) in [5.74, 6) is 0.443. The largest absolute Gasteiger partial charge is 0.500 e. The predicted molar refractivity (Wildman–Crippen MR) is 127 cm³/mol. The smallest absolute Gasteiger partial charge is 0.377 e. The Morgan fingerprint density at radius 2 is 1.77 bits per heavy atom. The van der Waals surface area contributed by atoms with Crippen molar-refractivity contribution < 1.29 is 13.3 Å². The van der Waals surface area contributed by atoms with Crippen LogP contribution in [-0.2, 0) is 13.3 Å². The second-order valence-corrected chi connectivity index (χ2v) is 10.5. The lowest BCUT2D eigenvalue weighted by Gasteiger charge is -2.26. The third kappa shape index (κ3) is 10.8. The molecule has 1 aromatic carbocycles. The van der Waals surface area contributed by atoms with Gasteiger partial charge in [0.1, 0.15) is 0 Å². The van der Waals surface area contributed by atoms with Gasteiger partial charge in [0.05, 0.1) is 0 Å². The maximum atomic E-state index is 5.82. The molecule has 30 heavy (non-hydrogen) atoms. The molecule has 0 bridgehead atoms. The molecule has 5 N–H and O–H groups in total. The van der Waals surface area contributed by atoms with Gasteiger partial charge in [-0.15, -0.1) is 0 Å². The quantitative estimate of drug-likeness (QED) is 0.237. The van der Waals surface area contributed by atoms with Crippen LogP contribution in [-0.4, -0.2) is 80.8 Å². The summed E-state index contributed by atoms with van der Waals surface area (Å²) in [7, 11) is 2.47. The van der Waals surface area contributed by atoms with E-state index >= 15 is 0 Å². The molecule has 0 aliphatic rings. The molecule has 0 saturated heterocycles. The van der Waals surface area contributed by atoms with E-state index in [2.05, 4.69) is 46.6 Å². The first kappa shape index (κ1) is 26.9. The van der Waals surface area contributed by atoms with Gasteiger partial charge in [0.15, 0.2) is 0 Å². The number of hydrogen-bond donors (Lipinski definition) is 3. The van der Waals surface area contributed by atoms with Crippen molar-refractivity contribution in [1.82, 2.24) is 10.2 Å². The Balaban J connectivity index is 2.54. The monoisotopic (exact) mass is 438 g/mol. The number of rotatable bonds is 18. The third-order valence-electron chi connectivity index (χ3n) is 5.31. The lowest BCUT2D eigenvalue weighted by atomic mass is 10.1. The van der Waals surface area contributed by atoms with Crippen LogP contribution >= 0.6 is 0 Å². The molecule has 1 atom stereocenters. The van der Waals surface area contributed by atoms with Gasteiger partial charge in [0, 0.05) is 47.0 Å². The van der Waals surface area contributed by atoms with Crippen LogP contribution in [0.25, 0.3) is 6.08 Å². The molecule has 0 aliphatic carbocycles. The molecular formula is C22H42N4O3Si. The lowest BCUT2D eigenvalue weighted by Crippen LogP contribution is -2.43. The molecule has 0 heterocycles. The molecule has 7 nitrogen and oxygen atoms in total. The summed E-state index contributed by atoms with van der Waals surface area (Å²) in [6, 6.07) is 11.2. The van der Waals surface area contributed by atoms with E-state index in [1.807, 2.05) is 6.07 Å². The minimum absolute atomic E-state index is 0.443. The van der Waals surface area contributed by atoms with Crippen LogP contribution in [0.2, 0.25) is 6.04 Å². The summed E-state index contributed by atoms with van der Waals surface area (Å²) in [4.78, 5) is 2.44. The van der Waals surface area contributed by atoms with E-state index in [0.717, 1.165) is 51.6 Å². The zero-order valence-corrected chi connectivity index (χ0v) is 20.0. The van der Waals surface area contributed by atoms with Crippen molar-refractivity contribution in [2.45, 2.75) is 18.9 Å². The van der Waals surface area contributed by atoms with E-state index in [1.54, 1.807) is 21.3 Å². The van der Waals surface area contributed by atoms with Crippen LogP contribution in [0.4, 0.5) is 0 Å². The zero-order valence-electron chi connectivity index (χ0n) is 19.0. The first-order valence-electron chi connectivity index (χ1n) is 10.8. The second-order valence-electron chi connectivity index (χ2n) is 7.40. The topological polar surface area (TPSA) is 95.0 Å². The molecule has 172 valence electrons. The number of nitrogens with one attached hydrogen (secondary N) is 1. The van der Waals surface area contributed by atoms with Gasteiger partial charge in [-0.2, -0.15) is 0 Å². The zero-order chi connectivity index (χ0) is 22.1. The second kappa shape index (κ2) is 16.6. The van der Waals surface area contributed by atoms with Crippen molar-refractivity contribution in [2.75, 3.05) is 67.1 Å². The van der Waals surface area contributed by atoms with Gasteiger partial charge in [-0.05, 0) is 50.5 Å². The summed E-state index contributed by atoms with van der Waals surface area (Å²) in [6.45, 7) is 5.99. The van der Waals surface area contributed by atoms with Gasteiger partial charge in [-0.25, -0.2) is 0 Å². The Morgan fingerprint density at radius 3 is 2.37 bits per heavy atom. The van der Waals surface area contributed by atoms with Crippen LogP contribution in [0.15, 0.2) is 36.4 Å². The number of hydrogen-bond acceptors (Lipinski definition) is 7. The van der Waals surface area contributed by atoms with Crippen molar-refractivity contribution in [1.29, 1.82) is 0 Å². The first-order chi connectivity index (χ1) is 14.6. The number of nitrogens with two attached hydrogens (primary N) is 2. The van der Waals surface area contributed by atoms with Crippen molar-refractivity contribution in [3.05, 3.63) is 42.0 Å². The highest BCUT2D eigenvalue weighted by Gasteiger charge is 2.36. The number of nitrogens with zero attached hydrogens (tertiary/aromatic N) is 1. The molecular weight excluding hydrogens is 396 g/mol.